The molecule has 0 spiro atoms. The van der Waals surface area contributed by atoms with E-state index in [1.165, 1.54) is 135 Å². The molecule has 238 valence electrons. The molecule has 40 heavy (non-hydrogen) atoms. The van der Waals surface area contributed by atoms with Gasteiger partial charge >= 0.3 is 11.9 Å². The molecule has 0 aliphatic carbocycles. The molecule has 0 aromatic rings. The van der Waals surface area contributed by atoms with Crippen LogP contribution in [0.5, 0.6) is 0 Å². The quantitative estimate of drug-likeness (QED) is 0.0533. The smallest absolute Gasteiger partial charge is 0.305 e. The maximum absolute atomic E-state index is 11.4. The molecule has 0 fully saturated rings. The summed E-state index contributed by atoms with van der Waals surface area (Å²) in [5.74, 6) is -0.669. The summed E-state index contributed by atoms with van der Waals surface area (Å²) in [5.41, 5.74) is 0. The summed E-state index contributed by atoms with van der Waals surface area (Å²) in [6, 6.07) is 0. The summed E-state index contributed by atoms with van der Waals surface area (Å²) in [5, 5.41) is 8.51. The number of carbonyl (C=O) groups excluding carboxylic acids is 1. The second-order valence-corrected chi connectivity index (χ2v) is 11.6. The highest BCUT2D eigenvalue weighted by molar-refractivity contribution is 5.69. The van der Waals surface area contributed by atoms with Crippen LogP contribution in [0.3, 0.4) is 0 Å². The minimum Gasteiger partial charge on any atom is -0.481 e. The van der Waals surface area contributed by atoms with E-state index in [-0.39, 0.29) is 5.97 Å². The van der Waals surface area contributed by atoms with Crippen LogP contribution in [0, 0.1) is 0 Å². The van der Waals surface area contributed by atoms with E-state index in [2.05, 4.69) is 32.9 Å². The monoisotopic (exact) mass is 567 g/mol. The van der Waals surface area contributed by atoms with Gasteiger partial charge in [-0.15, -0.1) is 0 Å². The predicted molar refractivity (Wildman–Crippen MR) is 174 cm³/mol. The van der Waals surface area contributed by atoms with Crippen molar-refractivity contribution in [2.24, 2.45) is 0 Å². The van der Waals surface area contributed by atoms with Crippen LogP contribution in [0.4, 0.5) is 0 Å². The van der Waals surface area contributed by atoms with E-state index < -0.39 is 5.97 Å². The van der Waals surface area contributed by atoms with E-state index in [9.17, 15) is 9.59 Å². The summed E-state index contributed by atoms with van der Waals surface area (Å²) >= 11 is 0. The first-order valence-electron chi connectivity index (χ1n) is 17.6. The number of ether oxygens (including phenoxy) is 1. The molecule has 0 aliphatic rings. The van der Waals surface area contributed by atoms with Gasteiger partial charge in [0.2, 0.25) is 0 Å². The molecular weight excluding hydrogens is 496 g/mol. The third-order valence-corrected chi connectivity index (χ3v) is 7.40. The second kappa shape index (κ2) is 37.7. The number of hydrogen-bond donors (Lipinski definition) is 1. The molecule has 0 unspecified atom stereocenters. The van der Waals surface area contributed by atoms with Gasteiger partial charge in [-0.05, 0) is 44.9 Å². The normalized spacial score (nSPS) is 11.0. The fourth-order valence-corrected chi connectivity index (χ4v) is 4.68. The third-order valence-electron chi connectivity index (χ3n) is 7.40. The highest BCUT2D eigenvalue weighted by Crippen LogP contribution is 2.12. The lowest BCUT2D eigenvalue weighted by Crippen LogP contribution is -2.05. The van der Waals surface area contributed by atoms with Crippen molar-refractivity contribution < 1.29 is 19.4 Å². The first kappa shape index (κ1) is 40.8. The van der Waals surface area contributed by atoms with Crippen molar-refractivity contribution in [3.05, 3.63) is 12.2 Å². The summed E-state index contributed by atoms with van der Waals surface area (Å²) in [6.07, 6.45) is 38.4. The molecule has 0 saturated carbocycles. The number of carboxylic acids is 1. The van der Waals surface area contributed by atoms with Crippen molar-refractivity contribution >= 4 is 11.9 Å². The van der Waals surface area contributed by atoms with Gasteiger partial charge in [0.15, 0.2) is 0 Å². The molecule has 0 heterocycles. The van der Waals surface area contributed by atoms with E-state index in [4.69, 9.17) is 9.84 Å². The second-order valence-electron chi connectivity index (χ2n) is 11.6. The summed E-state index contributed by atoms with van der Waals surface area (Å²) in [6.45, 7) is 7.24. The number of allylic oxidation sites excluding steroid dienone is 2. The Morgan fingerprint density at radius 2 is 0.825 bits per heavy atom. The van der Waals surface area contributed by atoms with Crippen LogP contribution in [-0.4, -0.2) is 23.7 Å². The average molecular weight is 567 g/mol. The lowest BCUT2D eigenvalue weighted by atomic mass is 10.1. The molecule has 4 heteroatoms. The topological polar surface area (TPSA) is 63.6 Å². The van der Waals surface area contributed by atoms with Crippen LogP contribution >= 0.6 is 0 Å². The molecule has 0 atom stereocenters. The van der Waals surface area contributed by atoms with Gasteiger partial charge in [0.25, 0.3) is 0 Å². The molecule has 0 aromatic heterocycles. The van der Waals surface area contributed by atoms with Crippen molar-refractivity contribution in [1.29, 1.82) is 0 Å². The minimum absolute atomic E-state index is 0.00521. The molecule has 0 saturated heterocycles. The Bertz CT molecular complexity index is 529. The van der Waals surface area contributed by atoms with Crippen LogP contribution in [0.15, 0.2) is 12.2 Å². The van der Waals surface area contributed by atoms with Gasteiger partial charge in [-0.1, -0.05) is 155 Å². The average Bonchev–Trinajstić information content (AvgIpc) is 2.94. The lowest BCUT2D eigenvalue weighted by Gasteiger charge is -2.04. The Hall–Kier alpha value is -1.32. The van der Waals surface area contributed by atoms with Gasteiger partial charge < -0.3 is 9.84 Å². The highest BCUT2D eigenvalue weighted by Gasteiger charge is 2.02. The van der Waals surface area contributed by atoms with Gasteiger partial charge in [0.1, 0.15) is 0 Å². The fraction of sp³-hybridized carbons (Fsp3) is 0.889. The van der Waals surface area contributed by atoms with Crippen LogP contribution in [0.1, 0.15) is 201 Å². The molecule has 4 nitrogen and oxygen atoms in total. The van der Waals surface area contributed by atoms with Crippen LogP contribution < -0.4 is 0 Å². The van der Waals surface area contributed by atoms with Crippen molar-refractivity contribution in [3.63, 3.8) is 0 Å². The minimum atomic E-state index is -0.664. The van der Waals surface area contributed by atoms with Crippen LogP contribution in [0.2, 0.25) is 0 Å². The van der Waals surface area contributed by atoms with E-state index in [1.54, 1.807) is 0 Å². The van der Waals surface area contributed by atoms with Crippen molar-refractivity contribution in [1.82, 2.24) is 0 Å². The molecule has 0 radical (unpaired) electrons. The summed E-state index contributed by atoms with van der Waals surface area (Å²) in [4.78, 5) is 21.7. The largest absolute Gasteiger partial charge is 0.481 e. The Kier molecular flexibility index (Phi) is 38.5. The third kappa shape index (κ3) is 41.2. The number of hydrogen-bond acceptors (Lipinski definition) is 3. The molecular formula is C36H70O4. The predicted octanol–water partition coefficient (Wildman–Crippen LogP) is 12.1. The standard InChI is InChI=1S/C18H36O2.C18H34O2/c1-3-5-7-8-9-10-11-12-13-14-15-16-18(19)20-17-6-4-2;1-2-3-4-5-6-7-8-9-10-11-12-13-14-15-16-17-18(19)20/h3-17H2,1-2H3;9-10H,2-8,11-17H2,1H3,(H,19,20). The van der Waals surface area contributed by atoms with Crippen molar-refractivity contribution in [3.8, 4) is 0 Å². The zero-order valence-electron chi connectivity index (χ0n) is 27.3. The van der Waals surface area contributed by atoms with E-state index in [0.717, 1.165) is 32.1 Å². The number of carbonyl (C=O) groups is 2. The fourth-order valence-electron chi connectivity index (χ4n) is 4.68. The SMILES string of the molecule is CCCCCCCCC=CCCCCCCCC(=O)O.CCCCCCCCCCCCCC(=O)OCCCC. The summed E-state index contributed by atoms with van der Waals surface area (Å²) < 4.78 is 5.14. The number of unbranched alkanes of at least 4 members (excludes halogenated alkanes) is 22. The Morgan fingerprint density at radius 3 is 1.23 bits per heavy atom. The van der Waals surface area contributed by atoms with Crippen LogP contribution in [-0.2, 0) is 14.3 Å². The van der Waals surface area contributed by atoms with Crippen LogP contribution in [0.25, 0.3) is 0 Å². The molecule has 0 bridgehead atoms. The van der Waals surface area contributed by atoms with Gasteiger partial charge in [-0.25, -0.2) is 0 Å². The molecule has 0 aromatic carbocycles. The first-order chi connectivity index (χ1) is 19.6. The van der Waals surface area contributed by atoms with Gasteiger partial charge in [-0.3, -0.25) is 9.59 Å². The zero-order chi connectivity index (χ0) is 29.8. The first-order valence-corrected chi connectivity index (χ1v) is 17.6. The van der Waals surface area contributed by atoms with Gasteiger partial charge in [0, 0.05) is 12.8 Å². The Labute approximate surface area is 250 Å². The number of aliphatic carboxylic acids is 1. The van der Waals surface area contributed by atoms with Crippen molar-refractivity contribution in [2.75, 3.05) is 6.61 Å². The lowest BCUT2D eigenvalue weighted by molar-refractivity contribution is -0.144. The molecule has 0 aliphatic heterocycles. The Balaban J connectivity index is 0. The van der Waals surface area contributed by atoms with Gasteiger partial charge in [-0.2, -0.15) is 0 Å². The van der Waals surface area contributed by atoms with Crippen molar-refractivity contribution in [2.45, 2.75) is 201 Å². The number of rotatable bonds is 30. The molecule has 0 rings (SSSR count). The number of carboxylic acid groups (broad SMARTS) is 1. The molecule has 0 amide bonds. The number of esters is 1. The Morgan fingerprint density at radius 1 is 0.475 bits per heavy atom. The zero-order valence-corrected chi connectivity index (χ0v) is 27.3. The van der Waals surface area contributed by atoms with E-state index in [1.807, 2.05) is 0 Å². The van der Waals surface area contributed by atoms with Gasteiger partial charge in [0.05, 0.1) is 6.61 Å². The molecule has 1 N–H and O–H groups in total. The summed E-state index contributed by atoms with van der Waals surface area (Å²) in [7, 11) is 0. The maximum Gasteiger partial charge on any atom is 0.305 e. The van der Waals surface area contributed by atoms with E-state index >= 15 is 0 Å². The van der Waals surface area contributed by atoms with E-state index in [0.29, 0.717) is 19.4 Å². The highest BCUT2D eigenvalue weighted by atomic mass is 16.5. The maximum atomic E-state index is 11.4.